The fourth-order valence-corrected chi connectivity index (χ4v) is 4.48. The number of sulfone groups is 1. The molecule has 0 saturated carbocycles. The van der Waals surface area contributed by atoms with Crippen molar-refractivity contribution in [2.45, 2.75) is 17.4 Å². The summed E-state index contributed by atoms with van der Waals surface area (Å²) in [6, 6.07) is 16.3. The monoisotopic (exact) mass is 398 g/mol. The number of amides is 3. The second-order valence-corrected chi connectivity index (χ2v) is 8.90. The minimum absolute atomic E-state index is 0.155. The Morgan fingerprint density at radius 2 is 1.71 bits per heavy atom. The SMILES string of the molecule is CC1(c2cc3ccccc3o2)NC(=O)N(CCS(=O)(=O)c2ccccc2)C1=O. The van der Waals surface area contributed by atoms with Gasteiger partial charge in [0.25, 0.3) is 5.91 Å². The molecule has 2 aromatic carbocycles. The van der Waals surface area contributed by atoms with E-state index >= 15 is 0 Å². The average molecular weight is 398 g/mol. The number of nitrogens with one attached hydrogen (secondary N) is 1. The molecule has 28 heavy (non-hydrogen) atoms. The summed E-state index contributed by atoms with van der Waals surface area (Å²) in [4.78, 5) is 26.4. The number of carbonyl (C=O) groups excluding carboxylic acids is 2. The third kappa shape index (κ3) is 2.95. The van der Waals surface area contributed by atoms with Crippen LogP contribution in [0.5, 0.6) is 0 Å². The molecule has 0 spiro atoms. The lowest BCUT2D eigenvalue weighted by Gasteiger charge is -2.19. The van der Waals surface area contributed by atoms with E-state index in [0.717, 1.165) is 10.3 Å². The first-order valence-electron chi connectivity index (χ1n) is 8.72. The van der Waals surface area contributed by atoms with E-state index in [2.05, 4.69) is 5.32 Å². The number of rotatable bonds is 5. The predicted molar refractivity (Wildman–Crippen MR) is 102 cm³/mol. The number of para-hydroxylation sites is 1. The van der Waals surface area contributed by atoms with Gasteiger partial charge in [-0.1, -0.05) is 36.4 Å². The van der Waals surface area contributed by atoms with Gasteiger partial charge in [-0.2, -0.15) is 0 Å². The van der Waals surface area contributed by atoms with Crippen LogP contribution in [-0.4, -0.2) is 37.6 Å². The predicted octanol–water partition coefficient (Wildman–Crippen LogP) is 2.67. The molecule has 3 amide bonds. The van der Waals surface area contributed by atoms with E-state index in [1.807, 2.05) is 18.2 Å². The highest BCUT2D eigenvalue weighted by atomic mass is 32.2. The zero-order valence-electron chi connectivity index (χ0n) is 15.1. The van der Waals surface area contributed by atoms with Gasteiger partial charge in [0, 0.05) is 11.9 Å². The summed E-state index contributed by atoms with van der Waals surface area (Å²) in [5, 5.41) is 3.44. The van der Waals surface area contributed by atoms with Crippen molar-refractivity contribution >= 4 is 32.7 Å². The van der Waals surface area contributed by atoms with Crippen LogP contribution in [0.3, 0.4) is 0 Å². The summed E-state index contributed by atoms with van der Waals surface area (Å²) in [6.07, 6.45) is 0. The van der Waals surface area contributed by atoms with Gasteiger partial charge in [-0.3, -0.25) is 9.69 Å². The smallest absolute Gasteiger partial charge is 0.325 e. The van der Waals surface area contributed by atoms with Crippen molar-refractivity contribution in [1.82, 2.24) is 10.2 Å². The Hall–Kier alpha value is -3.13. The van der Waals surface area contributed by atoms with Crippen molar-refractivity contribution in [1.29, 1.82) is 0 Å². The number of furan rings is 1. The Morgan fingerprint density at radius 3 is 2.43 bits per heavy atom. The molecule has 7 nitrogen and oxygen atoms in total. The first-order chi connectivity index (χ1) is 13.3. The van der Waals surface area contributed by atoms with Crippen LogP contribution in [0.4, 0.5) is 4.79 Å². The molecule has 1 unspecified atom stereocenters. The first kappa shape index (κ1) is 18.2. The molecule has 3 aromatic rings. The maximum Gasteiger partial charge on any atom is 0.325 e. The number of carbonyl (C=O) groups is 2. The number of benzene rings is 2. The molecule has 144 valence electrons. The van der Waals surface area contributed by atoms with Crippen molar-refractivity contribution in [3.8, 4) is 0 Å². The van der Waals surface area contributed by atoms with Gasteiger partial charge in [-0.05, 0) is 31.2 Å². The summed E-state index contributed by atoms with van der Waals surface area (Å²) < 4.78 is 30.7. The zero-order chi connectivity index (χ0) is 19.9. The van der Waals surface area contributed by atoms with Crippen molar-refractivity contribution in [3.05, 3.63) is 66.4 Å². The van der Waals surface area contributed by atoms with E-state index in [4.69, 9.17) is 4.42 Å². The van der Waals surface area contributed by atoms with Crippen LogP contribution >= 0.6 is 0 Å². The van der Waals surface area contributed by atoms with Crippen LogP contribution < -0.4 is 5.32 Å². The molecule has 1 N–H and O–H groups in total. The van der Waals surface area contributed by atoms with E-state index in [9.17, 15) is 18.0 Å². The largest absolute Gasteiger partial charge is 0.458 e. The van der Waals surface area contributed by atoms with Crippen molar-refractivity contribution < 1.29 is 22.4 Å². The van der Waals surface area contributed by atoms with Crippen LogP contribution in [0, 0.1) is 0 Å². The highest BCUT2D eigenvalue weighted by Gasteiger charge is 2.51. The number of hydrogen-bond acceptors (Lipinski definition) is 5. The number of hydrogen-bond donors (Lipinski definition) is 1. The maximum absolute atomic E-state index is 13.0. The van der Waals surface area contributed by atoms with E-state index < -0.39 is 27.3 Å². The molecule has 4 rings (SSSR count). The first-order valence-corrected chi connectivity index (χ1v) is 10.4. The quantitative estimate of drug-likeness (QED) is 0.667. The highest BCUT2D eigenvalue weighted by molar-refractivity contribution is 7.91. The van der Waals surface area contributed by atoms with Gasteiger partial charge in [0.2, 0.25) is 0 Å². The van der Waals surface area contributed by atoms with Crippen molar-refractivity contribution in [3.63, 3.8) is 0 Å². The van der Waals surface area contributed by atoms with Gasteiger partial charge in [0.1, 0.15) is 11.3 Å². The van der Waals surface area contributed by atoms with Gasteiger partial charge >= 0.3 is 6.03 Å². The molecular formula is C20H18N2O5S. The minimum atomic E-state index is -3.61. The second-order valence-electron chi connectivity index (χ2n) is 6.79. The summed E-state index contributed by atoms with van der Waals surface area (Å²) in [5.74, 6) is -0.591. The van der Waals surface area contributed by atoms with Gasteiger partial charge in [0.05, 0.1) is 10.6 Å². The third-order valence-corrected chi connectivity index (χ3v) is 6.59. The van der Waals surface area contributed by atoms with E-state index in [0.29, 0.717) is 11.3 Å². The minimum Gasteiger partial charge on any atom is -0.458 e. The van der Waals surface area contributed by atoms with Gasteiger partial charge < -0.3 is 9.73 Å². The molecule has 8 heteroatoms. The lowest BCUT2D eigenvalue weighted by Crippen LogP contribution is -2.41. The Balaban J connectivity index is 1.57. The zero-order valence-corrected chi connectivity index (χ0v) is 15.9. The van der Waals surface area contributed by atoms with Crippen molar-refractivity contribution in [2.75, 3.05) is 12.3 Å². The molecular weight excluding hydrogens is 380 g/mol. The summed E-state index contributed by atoms with van der Waals surface area (Å²) in [5.41, 5.74) is -0.780. The summed E-state index contributed by atoms with van der Waals surface area (Å²) in [6.45, 7) is 1.31. The maximum atomic E-state index is 13.0. The molecule has 0 bridgehead atoms. The van der Waals surface area contributed by atoms with Gasteiger partial charge in [-0.15, -0.1) is 0 Å². The Bertz CT molecular complexity index is 1140. The molecule has 0 radical (unpaired) electrons. The molecule has 1 atom stereocenters. The van der Waals surface area contributed by atoms with Gasteiger partial charge in [0.15, 0.2) is 15.4 Å². The van der Waals surface area contributed by atoms with Crippen LogP contribution in [0.15, 0.2) is 70.0 Å². The highest BCUT2D eigenvalue weighted by Crippen LogP contribution is 2.33. The molecule has 1 aliphatic heterocycles. The normalized spacial score (nSPS) is 20.0. The topological polar surface area (TPSA) is 96.7 Å². The lowest BCUT2D eigenvalue weighted by molar-refractivity contribution is -0.131. The van der Waals surface area contributed by atoms with Crippen LogP contribution in [0.1, 0.15) is 12.7 Å². The molecule has 1 aliphatic rings. The molecule has 0 aliphatic carbocycles. The second kappa shape index (κ2) is 6.49. The van der Waals surface area contributed by atoms with Crippen molar-refractivity contribution in [2.24, 2.45) is 0 Å². The van der Waals surface area contributed by atoms with Crippen LogP contribution in [0.25, 0.3) is 11.0 Å². The fraction of sp³-hybridized carbons (Fsp3) is 0.200. The van der Waals surface area contributed by atoms with E-state index in [-0.39, 0.29) is 17.2 Å². The van der Waals surface area contributed by atoms with Crippen LogP contribution in [-0.2, 0) is 20.2 Å². The summed E-state index contributed by atoms with van der Waals surface area (Å²) >= 11 is 0. The Kier molecular flexibility index (Phi) is 4.23. The standard InChI is InChI=1S/C20H18N2O5S/c1-20(17-13-14-7-5-6-10-16(14)27-17)18(23)22(19(24)21-20)11-12-28(25,26)15-8-3-2-4-9-15/h2-10,13H,11-12H2,1H3,(H,21,24). The molecule has 1 aromatic heterocycles. The summed E-state index contributed by atoms with van der Waals surface area (Å²) in [7, 11) is -3.61. The number of urea groups is 1. The molecule has 1 saturated heterocycles. The average Bonchev–Trinajstić information content (AvgIpc) is 3.21. The van der Waals surface area contributed by atoms with Gasteiger partial charge in [-0.25, -0.2) is 13.2 Å². The third-order valence-electron chi connectivity index (χ3n) is 4.88. The van der Waals surface area contributed by atoms with Crippen LogP contribution in [0.2, 0.25) is 0 Å². The number of fused-ring (bicyclic) bond motifs is 1. The lowest BCUT2D eigenvalue weighted by atomic mass is 9.99. The fourth-order valence-electron chi connectivity index (χ4n) is 3.25. The number of imide groups is 1. The van der Waals surface area contributed by atoms with E-state index in [1.54, 1.807) is 37.3 Å². The molecule has 1 fully saturated rings. The Morgan fingerprint density at radius 1 is 1.04 bits per heavy atom. The Labute approximate surface area is 161 Å². The van der Waals surface area contributed by atoms with E-state index in [1.165, 1.54) is 12.1 Å². The molecule has 2 heterocycles. The number of nitrogens with zero attached hydrogens (tertiary/aromatic N) is 1.